The van der Waals surface area contributed by atoms with Crippen molar-refractivity contribution in [1.82, 2.24) is 4.98 Å². The summed E-state index contributed by atoms with van der Waals surface area (Å²) in [6.07, 6.45) is 0. The van der Waals surface area contributed by atoms with Gasteiger partial charge in [-0.05, 0) is 6.92 Å². The van der Waals surface area contributed by atoms with Crippen molar-refractivity contribution in [2.75, 3.05) is 20.3 Å². The lowest BCUT2D eigenvalue weighted by Crippen LogP contribution is -2.53. The molecule has 5 heteroatoms. The van der Waals surface area contributed by atoms with Crippen molar-refractivity contribution in [2.45, 2.75) is 32.1 Å². The van der Waals surface area contributed by atoms with E-state index >= 15 is 0 Å². The predicted octanol–water partition coefficient (Wildman–Crippen LogP) is 2.02. The van der Waals surface area contributed by atoms with Gasteiger partial charge in [-0.1, -0.05) is 13.8 Å². The number of ether oxygens (including phenoxy) is 2. The molecule has 17 heavy (non-hydrogen) atoms. The highest BCUT2D eigenvalue weighted by Crippen LogP contribution is 2.40. The van der Waals surface area contributed by atoms with Crippen LogP contribution in [0.5, 0.6) is 0 Å². The van der Waals surface area contributed by atoms with Crippen LogP contribution in [0.4, 0.5) is 0 Å². The second-order valence-electron chi connectivity index (χ2n) is 4.69. The van der Waals surface area contributed by atoms with Crippen molar-refractivity contribution >= 4 is 17.3 Å². The largest absolute Gasteiger partial charge is 0.468 e. The second-order valence-corrected chi connectivity index (χ2v) is 5.72. The molecule has 1 aromatic rings. The molecule has 4 nitrogen and oxygen atoms in total. The molecule has 0 unspecified atom stereocenters. The van der Waals surface area contributed by atoms with Gasteiger partial charge in [-0.15, -0.1) is 11.3 Å². The van der Waals surface area contributed by atoms with Gasteiger partial charge in [0.2, 0.25) is 0 Å². The Hall–Kier alpha value is -0.940. The predicted molar refractivity (Wildman–Crippen MR) is 65.5 cm³/mol. The van der Waals surface area contributed by atoms with E-state index in [1.807, 2.05) is 6.92 Å². The van der Waals surface area contributed by atoms with Crippen LogP contribution in [0.3, 0.4) is 0 Å². The van der Waals surface area contributed by atoms with E-state index in [0.29, 0.717) is 19.1 Å². The first-order valence-corrected chi connectivity index (χ1v) is 6.47. The highest BCUT2D eigenvalue weighted by molar-refractivity contribution is 7.12. The molecule has 0 saturated carbocycles. The maximum Gasteiger partial charge on any atom is 0.321 e. The molecule has 0 amide bonds. The van der Waals surface area contributed by atoms with Gasteiger partial charge in [-0.25, -0.2) is 4.98 Å². The smallest absolute Gasteiger partial charge is 0.321 e. The zero-order chi connectivity index (χ0) is 12.6. The Labute approximate surface area is 105 Å². The number of esters is 1. The molecule has 0 aliphatic carbocycles. The van der Waals surface area contributed by atoms with Crippen LogP contribution in [0.1, 0.15) is 35.3 Å². The van der Waals surface area contributed by atoms with E-state index in [1.54, 1.807) is 11.3 Å². The van der Waals surface area contributed by atoms with Crippen LogP contribution >= 0.6 is 11.3 Å². The van der Waals surface area contributed by atoms with Crippen molar-refractivity contribution in [3.05, 3.63) is 15.6 Å². The summed E-state index contributed by atoms with van der Waals surface area (Å²) in [7, 11) is 1.42. The number of carbonyl (C=O) groups excluding carboxylic acids is 1. The number of methoxy groups -OCH3 is 1. The molecule has 0 spiro atoms. The molecule has 0 bridgehead atoms. The lowest BCUT2D eigenvalue weighted by atomic mass is 9.83. The number of thiazole rings is 1. The van der Waals surface area contributed by atoms with Crippen molar-refractivity contribution in [3.8, 4) is 0 Å². The van der Waals surface area contributed by atoms with Crippen LogP contribution in [0.2, 0.25) is 0 Å². The number of rotatable bonds is 3. The third-order valence-electron chi connectivity index (χ3n) is 3.01. The summed E-state index contributed by atoms with van der Waals surface area (Å²) in [5.41, 5.74) is 0.316. The summed E-state index contributed by atoms with van der Waals surface area (Å²) >= 11 is 1.60. The fraction of sp³-hybridized carbons (Fsp3) is 0.667. The summed E-state index contributed by atoms with van der Waals surface area (Å²) in [5.74, 6) is 0.161. The van der Waals surface area contributed by atoms with Crippen LogP contribution in [0.15, 0.2) is 0 Å². The molecule has 1 aliphatic rings. The molecule has 0 N–H and O–H groups in total. The average molecular weight is 255 g/mol. The molecule has 1 saturated heterocycles. The summed E-state index contributed by atoms with van der Waals surface area (Å²) in [4.78, 5) is 17.5. The lowest BCUT2D eigenvalue weighted by Gasteiger charge is -2.37. The molecule has 2 rings (SSSR count). The maximum atomic E-state index is 11.9. The molecule has 1 aromatic heterocycles. The van der Waals surface area contributed by atoms with E-state index in [2.05, 4.69) is 18.8 Å². The molecular weight excluding hydrogens is 238 g/mol. The van der Waals surface area contributed by atoms with Crippen LogP contribution in [-0.4, -0.2) is 31.3 Å². The normalized spacial score (nSPS) is 17.9. The van der Waals surface area contributed by atoms with Gasteiger partial charge in [0.25, 0.3) is 0 Å². The van der Waals surface area contributed by atoms with Gasteiger partial charge < -0.3 is 9.47 Å². The number of aromatic nitrogens is 1. The molecular formula is C12H17NO3S. The number of nitrogens with zero attached hydrogens (tertiary/aromatic N) is 1. The Bertz CT molecular complexity index is 435. The Kier molecular flexibility index (Phi) is 3.23. The van der Waals surface area contributed by atoms with E-state index in [0.717, 1.165) is 15.6 Å². The van der Waals surface area contributed by atoms with E-state index in [4.69, 9.17) is 9.47 Å². The Morgan fingerprint density at radius 3 is 2.53 bits per heavy atom. The highest BCUT2D eigenvalue weighted by Gasteiger charge is 2.51. The third-order valence-corrected chi connectivity index (χ3v) is 4.68. The van der Waals surface area contributed by atoms with E-state index in [1.165, 1.54) is 7.11 Å². The van der Waals surface area contributed by atoms with Crippen molar-refractivity contribution in [3.63, 3.8) is 0 Å². The topological polar surface area (TPSA) is 48.4 Å². The first-order valence-electron chi connectivity index (χ1n) is 5.65. The Balaban J connectivity index is 2.41. The molecule has 94 valence electrons. The van der Waals surface area contributed by atoms with Gasteiger partial charge in [-0.3, -0.25) is 4.79 Å². The van der Waals surface area contributed by atoms with Crippen LogP contribution < -0.4 is 0 Å². The summed E-state index contributed by atoms with van der Waals surface area (Å²) in [5, 5.41) is 1.06. The van der Waals surface area contributed by atoms with Gasteiger partial charge in [-0.2, -0.15) is 0 Å². The number of aryl methyl sites for hydroxylation is 1. The first kappa shape index (κ1) is 12.5. The number of hydrogen-bond acceptors (Lipinski definition) is 5. The van der Waals surface area contributed by atoms with Gasteiger partial charge in [0, 0.05) is 10.8 Å². The summed E-state index contributed by atoms with van der Waals surface area (Å²) in [6, 6.07) is 0. The zero-order valence-electron chi connectivity index (χ0n) is 10.6. The molecule has 2 heterocycles. The monoisotopic (exact) mass is 255 g/mol. The molecule has 1 aliphatic heterocycles. The third kappa shape index (κ3) is 1.87. The minimum atomic E-state index is -0.608. The van der Waals surface area contributed by atoms with Gasteiger partial charge >= 0.3 is 5.97 Å². The molecule has 0 atom stereocenters. The van der Waals surface area contributed by atoms with Gasteiger partial charge in [0.05, 0.1) is 31.0 Å². The minimum Gasteiger partial charge on any atom is -0.468 e. The van der Waals surface area contributed by atoms with E-state index < -0.39 is 5.41 Å². The highest BCUT2D eigenvalue weighted by atomic mass is 32.1. The number of hydrogen-bond donors (Lipinski definition) is 0. The van der Waals surface area contributed by atoms with E-state index in [9.17, 15) is 4.79 Å². The Morgan fingerprint density at radius 1 is 1.53 bits per heavy atom. The van der Waals surface area contributed by atoms with Gasteiger partial charge in [0.15, 0.2) is 5.41 Å². The van der Waals surface area contributed by atoms with Crippen molar-refractivity contribution in [1.29, 1.82) is 0 Å². The minimum absolute atomic E-state index is 0.217. The second kappa shape index (κ2) is 4.38. The van der Waals surface area contributed by atoms with Gasteiger partial charge in [0.1, 0.15) is 0 Å². The quantitative estimate of drug-likeness (QED) is 0.775. The molecule has 0 aromatic carbocycles. The maximum absolute atomic E-state index is 11.9. The SMILES string of the molecule is COC(=O)C1(c2sc(C(C)C)nc2C)COC1. The first-order chi connectivity index (χ1) is 8.01. The number of carbonyl (C=O) groups is 1. The van der Waals surface area contributed by atoms with Crippen molar-refractivity contribution in [2.24, 2.45) is 0 Å². The van der Waals surface area contributed by atoms with E-state index in [-0.39, 0.29) is 5.97 Å². The summed E-state index contributed by atoms with van der Waals surface area (Å²) in [6.45, 7) is 6.95. The van der Waals surface area contributed by atoms with Crippen LogP contribution in [-0.2, 0) is 19.7 Å². The standard InChI is InChI=1S/C12H17NO3S/c1-7(2)10-13-8(3)9(17-10)12(5-16-6-12)11(14)15-4/h7H,5-6H2,1-4H3. The van der Waals surface area contributed by atoms with Crippen molar-refractivity contribution < 1.29 is 14.3 Å². The lowest BCUT2D eigenvalue weighted by molar-refractivity contribution is -0.166. The average Bonchev–Trinajstić information content (AvgIpc) is 2.60. The van der Waals surface area contributed by atoms with Crippen LogP contribution in [0, 0.1) is 6.92 Å². The fourth-order valence-electron chi connectivity index (χ4n) is 1.95. The molecule has 1 fully saturated rings. The summed E-state index contributed by atoms with van der Waals surface area (Å²) < 4.78 is 10.1. The zero-order valence-corrected chi connectivity index (χ0v) is 11.4. The fourth-order valence-corrected chi connectivity index (χ4v) is 3.17. The molecule has 0 radical (unpaired) electrons. The Morgan fingerprint density at radius 2 is 2.18 bits per heavy atom. The van der Waals surface area contributed by atoms with Crippen LogP contribution in [0.25, 0.3) is 0 Å².